The van der Waals surface area contributed by atoms with Gasteiger partial charge in [-0.15, -0.1) is 0 Å². The Morgan fingerprint density at radius 3 is 2.69 bits per heavy atom. The van der Waals surface area contributed by atoms with Gasteiger partial charge in [0.15, 0.2) is 5.69 Å². The van der Waals surface area contributed by atoms with Crippen LogP contribution in [0.15, 0.2) is 24.5 Å². The van der Waals surface area contributed by atoms with Crippen LogP contribution in [0.25, 0.3) is 0 Å². The maximum Gasteiger partial charge on any atom is 0.158 e. The van der Waals surface area contributed by atoms with Gasteiger partial charge in [-0.05, 0) is 49.5 Å². The topological polar surface area (TPSA) is 107 Å². The van der Waals surface area contributed by atoms with Gasteiger partial charge in [0, 0.05) is 12.0 Å². The number of hydrazine groups is 1. The van der Waals surface area contributed by atoms with Crippen LogP contribution in [-0.4, -0.2) is 36.3 Å². The number of aromatic nitrogens is 2. The summed E-state index contributed by atoms with van der Waals surface area (Å²) in [5, 5.41) is 15.3. The number of rotatable bonds is 5. The Kier molecular flexibility index (Phi) is 5.85. The molecule has 2 aliphatic rings. The predicted molar refractivity (Wildman–Crippen MR) is 106 cm³/mol. The van der Waals surface area contributed by atoms with Crippen molar-refractivity contribution in [1.29, 1.82) is 5.26 Å². The average Bonchev–Trinajstić information content (AvgIpc) is 3.23. The van der Waals surface area contributed by atoms with Crippen molar-refractivity contribution in [1.82, 2.24) is 26.1 Å². The molecule has 3 heterocycles. The Morgan fingerprint density at radius 1 is 1.17 bits per heavy atom. The van der Waals surface area contributed by atoms with E-state index in [2.05, 4.69) is 31.5 Å². The Bertz CT molecular complexity index is 893. The van der Waals surface area contributed by atoms with Crippen molar-refractivity contribution in [3.05, 3.63) is 47.2 Å². The van der Waals surface area contributed by atoms with Gasteiger partial charge in [-0.3, -0.25) is 0 Å². The molecule has 0 saturated carbocycles. The second-order valence-corrected chi connectivity index (χ2v) is 7.31. The van der Waals surface area contributed by atoms with Gasteiger partial charge in [0.1, 0.15) is 23.5 Å². The molecule has 8 nitrogen and oxygen atoms in total. The van der Waals surface area contributed by atoms with Crippen LogP contribution in [0.2, 0.25) is 0 Å². The number of anilines is 1. The fourth-order valence-corrected chi connectivity index (χ4v) is 3.97. The minimum Gasteiger partial charge on any atom is -0.496 e. The average molecular weight is 397 g/mol. The van der Waals surface area contributed by atoms with E-state index in [1.807, 2.05) is 12.1 Å². The molecule has 2 saturated heterocycles. The van der Waals surface area contributed by atoms with E-state index in [1.54, 1.807) is 13.2 Å². The molecule has 0 bridgehead atoms. The highest BCUT2D eigenvalue weighted by atomic mass is 19.1. The van der Waals surface area contributed by atoms with Crippen LogP contribution < -0.4 is 26.2 Å². The van der Waals surface area contributed by atoms with Crippen LogP contribution in [0, 0.1) is 17.1 Å². The van der Waals surface area contributed by atoms with Gasteiger partial charge in [-0.25, -0.2) is 25.2 Å². The molecule has 4 rings (SSSR count). The third-order valence-corrected chi connectivity index (χ3v) is 5.50. The standard InChI is InChI=1S/C20H24FN7O/c1-29-18-7-14(12-2-4-23-5-3-12)16(21)6-15(18)17-8-19(28-27-17)26-20-11-24-13(9-22)10-25-20/h6-7,10-12,17,19,23,27-28H,2-5,8H2,1H3,(H,25,26). The molecule has 1 aromatic heterocycles. The minimum atomic E-state index is -0.177. The van der Waals surface area contributed by atoms with Crippen LogP contribution in [0.5, 0.6) is 5.75 Å². The molecule has 9 heteroatoms. The first-order valence-electron chi connectivity index (χ1n) is 9.75. The maximum atomic E-state index is 14.9. The fourth-order valence-electron chi connectivity index (χ4n) is 3.97. The molecule has 0 spiro atoms. The van der Waals surface area contributed by atoms with Gasteiger partial charge in [-0.2, -0.15) is 5.26 Å². The first-order valence-corrected chi connectivity index (χ1v) is 9.75. The summed E-state index contributed by atoms with van der Waals surface area (Å²) in [5.41, 5.74) is 8.13. The van der Waals surface area contributed by atoms with Gasteiger partial charge in [0.2, 0.25) is 0 Å². The van der Waals surface area contributed by atoms with Crippen LogP contribution in [0.1, 0.15) is 48.0 Å². The van der Waals surface area contributed by atoms with E-state index in [0.717, 1.165) is 37.1 Å². The molecule has 29 heavy (non-hydrogen) atoms. The predicted octanol–water partition coefficient (Wildman–Crippen LogP) is 1.94. The van der Waals surface area contributed by atoms with Crippen molar-refractivity contribution < 1.29 is 9.13 Å². The van der Waals surface area contributed by atoms with Gasteiger partial charge >= 0.3 is 0 Å². The molecule has 2 unspecified atom stereocenters. The molecule has 2 atom stereocenters. The first kappa shape index (κ1) is 19.5. The number of hydrogen-bond donors (Lipinski definition) is 4. The summed E-state index contributed by atoms with van der Waals surface area (Å²) in [7, 11) is 1.62. The van der Waals surface area contributed by atoms with Crippen LogP contribution in [0.3, 0.4) is 0 Å². The number of methoxy groups -OCH3 is 1. The van der Waals surface area contributed by atoms with Crippen molar-refractivity contribution in [2.24, 2.45) is 0 Å². The lowest BCUT2D eigenvalue weighted by Gasteiger charge is -2.25. The van der Waals surface area contributed by atoms with Crippen molar-refractivity contribution in [3.8, 4) is 11.8 Å². The molecule has 1 aromatic carbocycles. The third-order valence-electron chi connectivity index (χ3n) is 5.50. The SMILES string of the molecule is COc1cc(C2CCNCC2)c(F)cc1C1CC(Nc2cnc(C#N)cn2)NN1. The lowest BCUT2D eigenvalue weighted by atomic mass is 9.88. The number of nitriles is 1. The minimum absolute atomic E-state index is 0.120. The van der Waals surface area contributed by atoms with E-state index in [9.17, 15) is 4.39 Å². The van der Waals surface area contributed by atoms with Crippen molar-refractivity contribution in [3.63, 3.8) is 0 Å². The van der Waals surface area contributed by atoms with Gasteiger partial charge in [-0.1, -0.05) is 0 Å². The van der Waals surface area contributed by atoms with E-state index in [0.29, 0.717) is 18.0 Å². The molecule has 0 radical (unpaired) electrons. The number of benzene rings is 1. The summed E-state index contributed by atoms with van der Waals surface area (Å²) >= 11 is 0. The molecule has 2 aromatic rings. The summed E-state index contributed by atoms with van der Waals surface area (Å²) in [6.07, 6.45) is 5.33. The monoisotopic (exact) mass is 397 g/mol. The Hall–Kier alpha value is -2.80. The Balaban J connectivity index is 1.47. The zero-order chi connectivity index (χ0) is 20.2. The first-order chi connectivity index (χ1) is 14.2. The highest BCUT2D eigenvalue weighted by Gasteiger charge is 2.29. The second-order valence-electron chi connectivity index (χ2n) is 7.31. The van der Waals surface area contributed by atoms with Gasteiger partial charge in [0.05, 0.1) is 31.7 Å². The lowest BCUT2D eigenvalue weighted by Crippen LogP contribution is -2.36. The van der Waals surface area contributed by atoms with Crippen LogP contribution in [-0.2, 0) is 0 Å². The molecule has 2 fully saturated rings. The quantitative estimate of drug-likeness (QED) is 0.607. The Labute approximate surface area is 168 Å². The normalized spacial score (nSPS) is 22.2. The summed E-state index contributed by atoms with van der Waals surface area (Å²) in [4.78, 5) is 8.17. The lowest BCUT2D eigenvalue weighted by molar-refractivity contribution is 0.394. The molecular weight excluding hydrogens is 373 g/mol. The van der Waals surface area contributed by atoms with Crippen molar-refractivity contribution in [2.75, 3.05) is 25.5 Å². The maximum absolute atomic E-state index is 14.9. The third kappa shape index (κ3) is 4.29. The van der Waals surface area contributed by atoms with Gasteiger partial charge < -0.3 is 15.4 Å². The number of piperidine rings is 1. The molecule has 4 N–H and O–H groups in total. The highest BCUT2D eigenvalue weighted by Crippen LogP contribution is 2.36. The summed E-state index contributed by atoms with van der Waals surface area (Å²) in [5.74, 6) is 1.29. The number of halogens is 1. The van der Waals surface area contributed by atoms with Crippen molar-refractivity contribution in [2.45, 2.75) is 37.4 Å². The second kappa shape index (κ2) is 8.69. The molecule has 2 aliphatic heterocycles. The largest absolute Gasteiger partial charge is 0.496 e. The Morgan fingerprint density at radius 2 is 2.00 bits per heavy atom. The van der Waals surface area contributed by atoms with E-state index >= 15 is 0 Å². The molecule has 152 valence electrons. The summed E-state index contributed by atoms with van der Waals surface area (Å²) in [6.45, 7) is 1.82. The van der Waals surface area contributed by atoms with Crippen LogP contribution >= 0.6 is 0 Å². The number of ether oxygens (including phenoxy) is 1. The van der Waals surface area contributed by atoms with E-state index in [4.69, 9.17) is 10.00 Å². The smallest absolute Gasteiger partial charge is 0.158 e. The number of nitrogens with one attached hydrogen (secondary N) is 4. The van der Waals surface area contributed by atoms with Crippen molar-refractivity contribution >= 4 is 5.82 Å². The van der Waals surface area contributed by atoms with E-state index in [-0.39, 0.29) is 29.6 Å². The molecular formula is C20H24FN7O. The summed E-state index contributed by atoms with van der Waals surface area (Å²) in [6, 6.07) is 5.27. The molecule has 0 amide bonds. The highest BCUT2D eigenvalue weighted by molar-refractivity contribution is 5.43. The zero-order valence-electron chi connectivity index (χ0n) is 16.2. The summed E-state index contributed by atoms with van der Waals surface area (Å²) < 4.78 is 20.5. The van der Waals surface area contributed by atoms with Gasteiger partial charge in [0.25, 0.3) is 0 Å². The number of nitrogens with zero attached hydrogens (tertiary/aromatic N) is 3. The fraction of sp³-hybridized carbons (Fsp3) is 0.450. The molecule has 0 aliphatic carbocycles. The number of hydrogen-bond acceptors (Lipinski definition) is 8. The van der Waals surface area contributed by atoms with E-state index < -0.39 is 0 Å². The zero-order valence-corrected chi connectivity index (χ0v) is 16.2. The van der Waals surface area contributed by atoms with Crippen LogP contribution in [0.4, 0.5) is 10.2 Å². The van der Waals surface area contributed by atoms with E-state index in [1.165, 1.54) is 12.4 Å².